The van der Waals surface area contributed by atoms with E-state index in [1.54, 1.807) is 18.5 Å². The number of halogens is 1. The zero-order valence-corrected chi connectivity index (χ0v) is 11.1. The fourth-order valence-corrected chi connectivity index (χ4v) is 1.80. The highest BCUT2D eigenvalue weighted by molar-refractivity contribution is 6.33. The van der Waals surface area contributed by atoms with E-state index in [2.05, 4.69) is 4.98 Å². The molecule has 1 aromatic heterocycles. The van der Waals surface area contributed by atoms with E-state index in [0.717, 1.165) is 16.9 Å². The third kappa shape index (κ3) is 2.93. The molecule has 1 heterocycles. The van der Waals surface area contributed by atoms with Crippen LogP contribution in [-0.2, 0) is 0 Å². The molecular formula is C14H15ClN2O. The van der Waals surface area contributed by atoms with E-state index in [1.807, 2.05) is 32.0 Å². The Morgan fingerprint density at radius 2 is 1.94 bits per heavy atom. The predicted octanol–water partition coefficient (Wildman–Crippen LogP) is 3.77. The van der Waals surface area contributed by atoms with Gasteiger partial charge >= 0.3 is 0 Å². The molecule has 2 rings (SSSR count). The van der Waals surface area contributed by atoms with Crippen molar-refractivity contribution in [3.8, 4) is 16.9 Å². The van der Waals surface area contributed by atoms with Gasteiger partial charge in [-0.15, -0.1) is 0 Å². The molecule has 0 unspecified atom stereocenters. The lowest BCUT2D eigenvalue weighted by Gasteiger charge is -2.10. The van der Waals surface area contributed by atoms with E-state index >= 15 is 0 Å². The average molecular weight is 263 g/mol. The van der Waals surface area contributed by atoms with E-state index < -0.39 is 0 Å². The molecule has 0 spiro atoms. The maximum absolute atomic E-state index is 6.01. The summed E-state index contributed by atoms with van der Waals surface area (Å²) in [4.78, 5) is 4.17. The van der Waals surface area contributed by atoms with Crippen LogP contribution in [0.2, 0.25) is 5.02 Å². The lowest BCUT2D eigenvalue weighted by atomic mass is 10.1. The Morgan fingerprint density at radius 1 is 1.17 bits per heavy atom. The minimum Gasteiger partial charge on any atom is -0.489 e. The van der Waals surface area contributed by atoms with Gasteiger partial charge in [-0.1, -0.05) is 17.7 Å². The molecule has 2 aromatic rings. The highest BCUT2D eigenvalue weighted by Crippen LogP contribution is 2.28. The SMILES string of the molecule is CC(C)Oc1cncc(-c2ccc(N)c(Cl)c2)c1. The van der Waals surface area contributed by atoms with Crippen molar-refractivity contribution in [2.24, 2.45) is 0 Å². The fraction of sp³-hybridized carbons (Fsp3) is 0.214. The summed E-state index contributed by atoms with van der Waals surface area (Å²) in [5.74, 6) is 0.746. The van der Waals surface area contributed by atoms with Crippen molar-refractivity contribution in [2.75, 3.05) is 5.73 Å². The van der Waals surface area contributed by atoms with Gasteiger partial charge in [0.1, 0.15) is 5.75 Å². The van der Waals surface area contributed by atoms with Crippen molar-refractivity contribution in [1.29, 1.82) is 0 Å². The summed E-state index contributed by atoms with van der Waals surface area (Å²) in [5.41, 5.74) is 8.18. The van der Waals surface area contributed by atoms with Gasteiger partial charge < -0.3 is 10.5 Å². The molecule has 1 aromatic carbocycles. The Labute approximate surface area is 112 Å². The molecule has 0 aliphatic heterocycles. The van der Waals surface area contributed by atoms with Crippen molar-refractivity contribution >= 4 is 17.3 Å². The molecule has 0 fully saturated rings. The minimum absolute atomic E-state index is 0.122. The summed E-state index contributed by atoms with van der Waals surface area (Å²) in [5, 5.41) is 0.544. The molecule has 3 nitrogen and oxygen atoms in total. The van der Waals surface area contributed by atoms with E-state index in [9.17, 15) is 0 Å². The molecule has 0 saturated carbocycles. The first kappa shape index (κ1) is 12.7. The van der Waals surface area contributed by atoms with Crippen molar-refractivity contribution in [3.63, 3.8) is 0 Å². The Hall–Kier alpha value is -1.74. The third-order valence-corrected chi connectivity index (χ3v) is 2.75. The van der Waals surface area contributed by atoms with Crippen LogP contribution in [0.3, 0.4) is 0 Å². The van der Waals surface area contributed by atoms with Gasteiger partial charge in [0.05, 0.1) is 23.0 Å². The number of anilines is 1. The van der Waals surface area contributed by atoms with E-state index in [0.29, 0.717) is 10.7 Å². The minimum atomic E-state index is 0.122. The van der Waals surface area contributed by atoms with Gasteiger partial charge in [0, 0.05) is 11.8 Å². The predicted molar refractivity (Wildman–Crippen MR) is 74.9 cm³/mol. The van der Waals surface area contributed by atoms with Gasteiger partial charge in [-0.3, -0.25) is 4.98 Å². The second-order valence-electron chi connectivity index (χ2n) is 4.31. The summed E-state index contributed by atoms with van der Waals surface area (Å²) >= 11 is 6.01. The summed E-state index contributed by atoms with van der Waals surface area (Å²) < 4.78 is 5.61. The first-order valence-corrected chi connectivity index (χ1v) is 6.11. The number of ether oxygens (including phenoxy) is 1. The number of aromatic nitrogens is 1. The number of hydrogen-bond acceptors (Lipinski definition) is 3. The lowest BCUT2D eigenvalue weighted by molar-refractivity contribution is 0.241. The second kappa shape index (κ2) is 5.27. The number of benzene rings is 1. The molecule has 2 N–H and O–H groups in total. The average Bonchev–Trinajstić information content (AvgIpc) is 2.32. The van der Waals surface area contributed by atoms with Crippen molar-refractivity contribution in [2.45, 2.75) is 20.0 Å². The summed E-state index contributed by atoms with van der Waals surface area (Å²) in [6.45, 7) is 3.96. The molecule has 0 amide bonds. The molecule has 0 saturated heterocycles. The first-order valence-electron chi connectivity index (χ1n) is 5.73. The lowest BCUT2D eigenvalue weighted by Crippen LogP contribution is -2.05. The summed E-state index contributed by atoms with van der Waals surface area (Å²) in [7, 11) is 0. The second-order valence-corrected chi connectivity index (χ2v) is 4.72. The summed E-state index contributed by atoms with van der Waals surface area (Å²) in [6.07, 6.45) is 3.59. The maximum Gasteiger partial charge on any atom is 0.138 e. The molecule has 4 heteroatoms. The molecule has 0 aliphatic rings. The standard InChI is InChI=1S/C14H15ClN2O/c1-9(2)18-12-5-11(7-17-8-12)10-3-4-14(16)13(15)6-10/h3-9H,16H2,1-2H3. The van der Waals surface area contributed by atoms with E-state index in [-0.39, 0.29) is 6.10 Å². The van der Waals surface area contributed by atoms with Crippen LogP contribution in [0.5, 0.6) is 5.75 Å². The van der Waals surface area contributed by atoms with Crippen LogP contribution in [0.15, 0.2) is 36.7 Å². The van der Waals surface area contributed by atoms with Crippen LogP contribution in [-0.4, -0.2) is 11.1 Å². The highest BCUT2D eigenvalue weighted by Gasteiger charge is 2.04. The smallest absolute Gasteiger partial charge is 0.138 e. The summed E-state index contributed by atoms with van der Waals surface area (Å²) in [6, 6.07) is 7.47. The number of rotatable bonds is 3. The highest BCUT2D eigenvalue weighted by atomic mass is 35.5. The van der Waals surface area contributed by atoms with E-state index in [4.69, 9.17) is 22.1 Å². The topological polar surface area (TPSA) is 48.1 Å². The van der Waals surface area contributed by atoms with Gasteiger partial charge in [0.2, 0.25) is 0 Å². The first-order chi connectivity index (χ1) is 8.56. The zero-order valence-electron chi connectivity index (χ0n) is 10.4. The molecule has 94 valence electrons. The number of hydrogen-bond donors (Lipinski definition) is 1. The van der Waals surface area contributed by atoms with Crippen LogP contribution >= 0.6 is 11.6 Å². The quantitative estimate of drug-likeness (QED) is 0.857. The van der Waals surface area contributed by atoms with Gasteiger partial charge in [-0.05, 0) is 37.6 Å². The fourth-order valence-electron chi connectivity index (χ4n) is 1.62. The third-order valence-electron chi connectivity index (χ3n) is 2.42. The number of nitrogens with zero attached hydrogens (tertiary/aromatic N) is 1. The molecule has 0 aliphatic carbocycles. The van der Waals surface area contributed by atoms with Crippen molar-refractivity contribution in [3.05, 3.63) is 41.7 Å². The van der Waals surface area contributed by atoms with Crippen LogP contribution in [0.4, 0.5) is 5.69 Å². The number of nitrogens with two attached hydrogens (primary N) is 1. The molecule has 0 radical (unpaired) electrons. The molecular weight excluding hydrogens is 248 g/mol. The van der Waals surface area contributed by atoms with Gasteiger partial charge in [-0.25, -0.2) is 0 Å². The Balaban J connectivity index is 2.35. The van der Waals surface area contributed by atoms with Crippen molar-refractivity contribution < 1.29 is 4.74 Å². The zero-order chi connectivity index (χ0) is 13.1. The van der Waals surface area contributed by atoms with Crippen LogP contribution in [0, 0.1) is 0 Å². The van der Waals surface area contributed by atoms with E-state index in [1.165, 1.54) is 0 Å². The Morgan fingerprint density at radius 3 is 2.61 bits per heavy atom. The number of nitrogen functional groups attached to an aromatic ring is 1. The van der Waals surface area contributed by atoms with Crippen LogP contribution in [0.1, 0.15) is 13.8 Å². The van der Waals surface area contributed by atoms with Crippen LogP contribution < -0.4 is 10.5 Å². The van der Waals surface area contributed by atoms with Crippen LogP contribution in [0.25, 0.3) is 11.1 Å². The van der Waals surface area contributed by atoms with Crippen molar-refractivity contribution in [1.82, 2.24) is 4.98 Å². The molecule has 0 bridgehead atoms. The van der Waals surface area contributed by atoms with Gasteiger partial charge in [0.15, 0.2) is 0 Å². The number of pyridine rings is 1. The van der Waals surface area contributed by atoms with Gasteiger partial charge in [-0.2, -0.15) is 0 Å². The molecule has 0 atom stereocenters. The molecule has 18 heavy (non-hydrogen) atoms. The Bertz CT molecular complexity index is 555. The normalized spacial score (nSPS) is 10.7. The monoisotopic (exact) mass is 262 g/mol. The maximum atomic E-state index is 6.01. The van der Waals surface area contributed by atoms with Gasteiger partial charge in [0.25, 0.3) is 0 Å². The largest absolute Gasteiger partial charge is 0.489 e. The Kier molecular flexibility index (Phi) is 3.72.